The van der Waals surface area contributed by atoms with Gasteiger partial charge in [-0.25, -0.2) is 4.98 Å². The molecule has 0 radical (unpaired) electrons. The first-order valence-electron chi connectivity index (χ1n) is 5.46. The lowest BCUT2D eigenvalue weighted by Crippen LogP contribution is -2.12. The maximum Gasteiger partial charge on any atom is 0.272 e. The number of nitrogens with zero attached hydrogens (tertiary/aromatic N) is 2. The van der Waals surface area contributed by atoms with Gasteiger partial charge in [-0.15, -0.1) is 11.3 Å². The lowest BCUT2D eigenvalue weighted by molar-refractivity contribution is -0.385. The average molecular weight is 277 g/mol. The molecule has 19 heavy (non-hydrogen) atoms. The predicted molar refractivity (Wildman–Crippen MR) is 72.6 cm³/mol. The maximum atomic E-state index is 11.9. The summed E-state index contributed by atoms with van der Waals surface area (Å²) in [5.74, 6) is -0.327. The zero-order valence-corrected chi connectivity index (χ0v) is 11.2. The summed E-state index contributed by atoms with van der Waals surface area (Å²) in [5.41, 5.74) is 0.825. The Morgan fingerprint density at radius 2 is 2.16 bits per heavy atom. The van der Waals surface area contributed by atoms with Gasteiger partial charge in [0, 0.05) is 28.3 Å². The summed E-state index contributed by atoms with van der Waals surface area (Å²) < 4.78 is 0. The van der Waals surface area contributed by atoms with Crippen molar-refractivity contribution >= 4 is 28.1 Å². The molecule has 0 saturated heterocycles. The maximum absolute atomic E-state index is 11.9. The second-order valence-electron chi connectivity index (χ2n) is 3.99. The third kappa shape index (κ3) is 2.94. The molecule has 0 unspecified atom stereocenters. The quantitative estimate of drug-likeness (QED) is 0.690. The fraction of sp³-hybridized carbons (Fsp3) is 0.167. The van der Waals surface area contributed by atoms with Crippen molar-refractivity contribution in [2.45, 2.75) is 13.8 Å². The number of amides is 1. The van der Waals surface area contributed by atoms with Crippen LogP contribution in [0.15, 0.2) is 24.4 Å². The van der Waals surface area contributed by atoms with E-state index in [2.05, 4.69) is 10.3 Å². The number of hydrogen-bond donors (Lipinski definition) is 1. The van der Waals surface area contributed by atoms with E-state index in [1.165, 1.54) is 29.5 Å². The first kappa shape index (κ1) is 13.2. The van der Waals surface area contributed by atoms with Gasteiger partial charge in [0.05, 0.1) is 4.92 Å². The highest BCUT2D eigenvalue weighted by Gasteiger charge is 2.14. The molecule has 0 saturated carbocycles. The van der Waals surface area contributed by atoms with E-state index in [0.717, 1.165) is 4.88 Å². The molecule has 0 atom stereocenters. The van der Waals surface area contributed by atoms with Gasteiger partial charge in [0.1, 0.15) is 0 Å². The third-order valence-corrected chi connectivity index (χ3v) is 3.33. The van der Waals surface area contributed by atoms with Crippen LogP contribution in [0.25, 0.3) is 0 Å². The fourth-order valence-electron chi connectivity index (χ4n) is 1.58. The smallest absolute Gasteiger partial charge is 0.272 e. The molecule has 1 aromatic heterocycles. The number of nitro benzene ring substituents is 1. The standard InChI is InChI=1S/C12H11N3O3S/c1-7-5-9(3-4-10(7)15(17)18)11(16)14-12-13-6-8(2)19-12/h3-6H,1-2H3,(H,13,14,16). The van der Waals surface area contributed by atoms with Gasteiger partial charge < -0.3 is 0 Å². The number of nitro groups is 1. The number of carbonyl (C=O) groups excluding carboxylic acids is 1. The first-order valence-corrected chi connectivity index (χ1v) is 6.28. The van der Waals surface area contributed by atoms with Gasteiger partial charge >= 0.3 is 0 Å². The van der Waals surface area contributed by atoms with Crippen LogP contribution < -0.4 is 5.32 Å². The highest BCUT2D eigenvalue weighted by Crippen LogP contribution is 2.21. The van der Waals surface area contributed by atoms with Crippen molar-refractivity contribution in [1.29, 1.82) is 0 Å². The van der Waals surface area contributed by atoms with Gasteiger partial charge in [-0.05, 0) is 26.0 Å². The molecule has 0 aliphatic carbocycles. The summed E-state index contributed by atoms with van der Waals surface area (Å²) in [4.78, 5) is 27.2. The van der Waals surface area contributed by atoms with E-state index in [4.69, 9.17) is 0 Å². The van der Waals surface area contributed by atoms with Crippen molar-refractivity contribution in [2.75, 3.05) is 5.32 Å². The van der Waals surface area contributed by atoms with Crippen molar-refractivity contribution in [3.05, 3.63) is 50.5 Å². The SMILES string of the molecule is Cc1cnc(NC(=O)c2ccc([N+](=O)[O-])c(C)c2)s1. The minimum Gasteiger partial charge on any atom is -0.298 e. The summed E-state index contributed by atoms with van der Waals surface area (Å²) >= 11 is 1.37. The summed E-state index contributed by atoms with van der Waals surface area (Å²) in [5, 5.41) is 13.9. The summed E-state index contributed by atoms with van der Waals surface area (Å²) in [6, 6.07) is 4.26. The Bertz CT molecular complexity index is 651. The number of anilines is 1. The van der Waals surface area contributed by atoms with Crippen molar-refractivity contribution in [3.63, 3.8) is 0 Å². The summed E-state index contributed by atoms with van der Waals surface area (Å²) in [7, 11) is 0. The Balaban J connectivity index is 2.20. The first-order chi connectivity index (χ1) is 8.97. The monoisotopic (exact) mass is 277 g/mol. The van der Waals surface area contributed by atoms with Crippen LogP contribution in [0, 0.1) is 24.0 Å². The highest BCUT2D eigenvalue weighted by atomic mass is 32.1. The number of benzene rings is 1. The van der Waals surface area contributed by atoms with Crippen LogP contribution >= 0.6 is 11.3 Å². The van der Waals surface area contributed by atoms with Gasteiger partial charge in [0.25, 0.3) is 11.6 Å². The zero-order valence-electron chi connectivity index (χ0n) is 10.3. The van der Waals surface area contributed by atoms with Crippen LogP contribution in [-0.2, 0) is 0 Å². The Kier molecular flexibility index (Phi) is 3.57. The van der Waals surface area contributed by atoms with Gasteiger partial charge in [-0.1, -0.05) is 0 Å². The fourth-order valence-corrected chi connectivity index (χ4v) is 2.24. The number of hydrogen-bond acceptors (Lipinski definition) is 5. The third-order valence-electron chi connectivity index (χ3n) is 2.50. The van der Waals surface area contributed by atoms with Crippen LogP contribution in [0.2, 0.25) is 0 Å². The van der Waals surface area contributed by atoms with Gasteiger partial charge in [0.2, 0.25) is 0 Å². The van der Waals surface area contributed by atoms with E-state index < -0.39 is 4.92 Å². The second-order valence-corrected chi connectivity index (χ2v) is 5.22. The molecule has 0 fully saturated rings. The number of rotatable bonds is 3. The van der Waals surface area contributed by atoms with E-state index in [9.17, 15) is 14.9 Å². The Morgan fingerprint density at radius 3 is 2.68 bits per heavy atom. The Morgan fingerprint density at radius 1 is 1.42 bits per heavy atom. The number of nitrogens with one attached hydrogen (secondary N) is 1. The van der Waals surface area contributed by atoms with Crippen molar-refractivity contribution in [1.82, 2.24) is 4.98 Å². The van der Waals surface area contributed by atoms with Crippen LogP contribution in [0.5, 0.6) is 0 Å². The summed E-state index contributed by atoms with van der Waals surface area (Å²) in [6.07, 6.45) is 1.67. The van der Waals surface area contributed by atoms with Crippen LogP contribution in [0.1, 0.15) is 20.8 Å². The van der Waals surface area contributed by atoms with E-state index in [-0.39, 0.29) is 11.6 Å². The summed E-state index contributed by atoms with van der Waals surface area (Å²) in [6.45, 7) is 3.49. The number of aryl methyl sites for hydroxylation is 2. The molecule has 0 spiro atoms. The topological polar surface area (TPSA) is 85.1 Å². The molecular formula is C12H11N3O3S. The molecule has 1 heterocycles. The Labute approximate surface area is 113 Å². The van der Waals surface area contributed by atoms with E-state index in [0.29, 0.717) is 16.3 Å². The van der Waals surface area contributed by atoms with Gasteiger partial charge in [0.15, 0.2) is 5.13 Å². The van der Waals surface area contributed by atoms with Crippen molar-refractivity contribution < 1.29 is 9.72 Å². The molecule has 98 valence electrons. The minimum absolute atomic E-state index is 0.00152. The van der Waals surface area contributed by atoms with E-state index in [1.54, 1.807) is 13.1 Å². The molecule has 6 nitrogen and oxygen atoms in total. The van der Waals surface area contributed by atoms with Gasteiger partial charge in [-0.2, -0.15) is 0 Å². The predicted octanol–water partition coefficient (Wildman–Crippen LogP) is 2.92. The molecule has 2 rings (SSSR count). The number of thiazole rings is 1. The molecule has 0 aliphatic rings. The van der Waals surface area contributed by atoms with Crippen LogP contribution in [-0.4, -0.2) is 15.8 Å². The molecule has 1 aromatic carbocycles. The van der Waals surface area contributed by atoms with Crippen molar-refractivity contribution in [3.8, 4) is 0 Å². The Hall–Kier alpha value is -2.28. The number of aromatic nitrogens is 1. The molecule has 1 amide bonds. The van der Waals surface area contributed by atoms with Crippen molar-refractivity contribution in [2.24, 2.45) is 0 Å². The normalized spacial score (nSPS) is 10.2. The average Bonchev–Trinajstić information content (AvgIpc) is 2.74. The molecule has 0 bridgehead atoms. The van der Waals surface area contributed by atoms with Crippen LogP contribution in [0.4, 0.5) is 10.8 Å². The minimum atomic E-state index is -0.471. The lowest BCUT2D eigenvalue weighted by atomic mass is 10.1. The zero-order chi connectivity index (χ0) is 14.0. The largest absolute Gasteiger partial charge is 0.298 e. The highest BCUT2D eigenvalue weighted by molar-refractivity contribution is 7.15. The molecular weight excluding hydrogens is 266 g/mol. The lowest BCUT2D eigenvalue weighted by Gasteiger charge is -2.03. The molecule has 1 N–H and O–H groups in total. The number of carbonyl (C=O) groups is 1. The molecule has 7 heteroatoms. The van der Waals surface area contributed by atoms with Gasteiger partial charge in [-0.3, -0.25) is 20.2 Å². The van der Waals surface area contributed by atoms with E-state index in [1.807, 2.05) is 6.92 Å². The van der Waals surface area contributed by atoms with Crippen LogP contribution in [0.3, 0.4) is 0 Å². The van der Waals surface area contributed by atoms with E-state index >= 15 is 0 Å². The molecule has 0 aliphatic heterocycles. The second kappa shape index (κ2) is 5.15. The molecule has 2 aromatic rings.